The largest absolute Gasteiger partial charge is 0.472 e. The molecule has 0 bridgehead atoms. The first-order valence-electron chi connectivity index (χ1n) is 11.1. The van der Waals surface area contributed by atoms with Gasteiger partial charge in [0.15, 0.2) is 6.61 Å². The number of hydrogen-bond donors (Lipinski definition) is 1. The van der Waals surface area contributed by atoms with Crippen molar-refractivity contribution in [1.29, 1.82) is 0 Å². The van der Waals surface area contributed by atoms with Crippen LogP contribution in [0.4, 0.5) is 14.5 Å². The van der Waals surface area contributed by atoms with Crippen molar-refractivity contribution >= 4 is 22.9 Å². The van der Waals surface area contributed by atoms with Crippen molar-refractivity contribution in [3.05, 3.63) is 70.3 Å². The highest BCUT2D eigenvalue weighted by atomic mass is 19.3. The SMILES string of the molecule is CN=Cc1cc(-n2nc3ccc(OCC(F)F)nc3c(-c3ccc(C4CC4)nc3)c2=O)ccc1N. The number of halogens is 2. The van der Waals surface area contributed by atoms with E-state index in [0.717, 1.165) is 18.5 Å². The molecule has 8 nitrogen and oxygen atoms in total. The molecule has 0 unspecified atom stereocenters. The van der Waals surface area contributed by atoms with E-state index in [2.05, 4.69) is 20.1 Å². The van der Waals surface area contributed by atoms with Gasteiger partial charge in [0.05, 0.1) is 11.3 Å². The zero-order valence-electron chi connectivity index (χ0n) is 18.9. The van der Waals surface area contributed by atoms with Crippen LogP contribution in [0.2, 0.25) is 0 Å². The number of alkyl halides is 2. The fourth-order valence-electron chi connectivity index (χ4n) is 3.84. The van der Waals surface area contributed by atoms with Crippen LogP contribution in [0.5, 0.6) is 5.88 Å². The van der Waals surface area contributed by atoms with Gasteiger partial charge in [0.2, 0.25) is 5.88 Å². The Bertz CT molecular complexity index is 1480. The molecule has 1 aromatic carbocycles. The van der Waals surface area contributed by atoms with Gasteiger partial charge in [-0.05, 0) is 43.2 Å². The first kappa shape index (κ1) is 22.6. The first-order valence-corrected chi connectivity index (χ1v) is 11.1. The summed E-state index contributed by atoms with van der Waals surface area (Å²) in [7, 11) is 1.63. The Morgan fingerprint density at radius 3 is 2.74 bits per heavy atom. The molecule has 0 aliphatic heterocycles. The van der Waals surface area contributed by atoms with Gasteiger partial charge in [-0.25, -0.2) is 13.8 Å². The van der Waals surface area contributed by atoms with Gasteiger partial charge in [-0.1, -0.05) is 6.07 Å². The van der Waals surface area contributed by atoms with E-state index in [1.807, 2.05) is 12.1 Å². The number of benzene rings is 1. The average molecular weight is 476 g/mol. The molecule has 0 radical (unpaired) electrons. The minimum Gasteiger partial charge on any atom is -0.472 e. The fraction of sp³-hybridized carbons (Fsp3) is 0.240. The summed E-state index contributed by atoms with van der Waals surface area (Å²) in [6.07, 6.45) is 2.79. The molecule has 5 rings (SSSR count). The number of anilines is 1. The number of fused-ring (bicyclic) bond motifs is 1. The van der Waals surface area contributed by atoms with Crippen LogP contribution in [0.1, 0.15) is 30.0 Å². The summed E-state index contributed by atoms with van der Waals surface area (Å²) >= 11 is 0. The van der Waals surface area contributed by atoms with E-state index in [9.17, 15) is 13.6 Å². The summed E-state index contributed by atoms with van der Waals surface area (Å²) in [6.45, 7) is -0.802. The van der Waals surface area contributed by atoms with Crippen molar-refractivity contribution in [2.45, 2.75) is 25.2 Å². The summed E-state index contributed by atoms with van der Waals surface area (Å²) in [5.74, 6) is 0.435. The highest BCUT2D eigenvalue weighted by molar-refractivity contribution is 5.91. The Kier molecular flexibility index (Phi) is 5.94. The number of nitrogens with zero attached hydrogens (tertiary/aromatic N) is 5. The molecule has 3 heterocycles. The lowest BCUT2D eigenvalue weighted by Gasteiger charge is -2.13. The van der Waals surface area contributed by atoms with E-state index in [0.29, 0.717) is 33.9 Å². The number of aromatic nitrogens is 4. The predicted octanol–water partition coefficient (Wildman–Crippen LogP) is 3.99. The highest BCUT2D eigenvalue weighted by Gasteiger charge is 2.25. The van der Waals surface area contributed by atoms with Crippen molar-refractivity contribution < 1.29 is 13.5 Å². The highest BCUT2D eigenvalue weighted by Crippen LogP contribution is 2.39. The second kappa shape index (κ2) is 9.21. The Balaban J connectivity index is 1.71. The number of nitrogen functional groups attached to an aromatic ring is 1. The Morgan fingerprint density at radius 1 is 1.23 bits per heavy atom. The molecule has 0 saturated heterocycles. The molecule has 0 spiro atoms. The van der Waals surface area contributed by atoms with Crippen molar-refractivity contribution in [3.63, 3.8) is 0 Å². The van der Waals surface area contributed by atoms with E-state index in [4.69, 9.17) is 10.5 Å². The molecule has 1 aliphatic carbocycles. The topological polar surface area (TPSA) is 108 Å². The number of pyridine rings is 2. The van der Waals surface area contributed by atoms with Crippen molar-refractivity contribution in [1.82, 2.24) is 19.7 Å². The third-order valence-electron chi connectivity index (χ3n) is 5.71. The van der Waals surface area contributed by atoms with Crippen LogP contribution in [0.25, 0.3) is 27.8 Å². The molecule has 10 heteroatoms. The van der Waals surface area contributed by atoms with E-state index in [-0.39, 0.29) is 17.0 Å². The number of nitrogens with two attached hydrogens (primary N) is 1. The lowest BCUT2D eigenvalue weighted by atomic mass is 10.1. The van der Waals surface area contributed by atoms with Crippen LogP contribution in [-0.2, 0) is 0 Å². The van der Waals surface area contributed by atoms with Gasteiger partial charge in [-0.15, -0.1) is 0 Å². The molecule has 178 valence electrons. The second-order valence-corrected chi connectivity index (χ2v) is 8.26. The Hall–Kier alpha value is -4.21. The molecular formula is C25H22F2N6O2. The average Bonchev–Trinajstić information content (AvgIpc) is 3.70. The molecule has 1 saturated carbocycles. The minimum absolute atomic E-state index is 0.0190. The predicted molar refractivity (Wildman–Crippen MR) is 130 cm³/mol. The quantitative estimate of drug-likeness (QED) is 0.319. The smallest absolute Gasteiger partial charge is 0.281 e. The van der Waals surface area contributed by atoms with Crippen LogP contribution >= 0.6 is 0 Å². The minimum atomic E-state index is -2.65. The third kappa shape index (κ3) is 4.59. The molecule has 0 atom stereocenters. The molecule has 0 amide bonds. The molecule has 1 fully saturated rings. The normalized spacial score (nSPS) is 13.7. The van der Waals surface area contributed by atoms with Crippen molar-refractivity contribution in [3.8, 4) is 22.7 Å². The summed E-state index contributed by atoms with van der Waals surface area (Å²) in [5.41, 5.74) is 9.62. The van der Waals surface area contributed by atoms with E-state index < -0.39 is 18.6 Å². The van der Waals surface area contributed by atoms with Gasteiger partial charge < -0.3 is 10.5 Å². The zero-order chi connectivity index (χ0) is 24.5. The molecule has 2 N–H and O–H groups in total. The number of aliphatic imine (C=N–C) groups is 1. The fourth-order valence-corrected chi connectivity index (χ4v) is 3.84. The first-order chi connectivity index (χ1) is 16.9. The molecule has 4 aromatic rings. The summed E-state index contributed by atoms with van der Waals surface area (Å²) in [5, 5.41) is 4.49. The van der Waals surface area contributed by atoms with Gasteiger partial charge in [0, 0.05) is 54.0 Å². The summed E-state index contributed by atoms with van der Waals surface area (Å²) in [6, 6.07) is 11.8. The van der Waals surface area contributed by atoms with Gasteiger partial charge in [-0.3, -0.25) is 14.8 Å². The van der Waals surface area contributed by atoms with E-state index in [1.54, 1.807) is 43.7 Å². The van der Waals surface area contributed by atoms with E-state index >= 15 is 0 Å². The van der Waals surface area contributed by atoms with Gasteiger partial charge >= 0.3 is 0 Å². The number of hydrogen-bond acceptors (Lipinski definition) is 7. The van der Waals surface area contributed by atoms with Gasteiger partial charge in [0.1, 0.15) is 11.0 Å². The number of ether oxygens (including phenoxy) is 1. The molecule has 3 aromatic heterocycles. The van der Waals surface area contributed by atoms with Crippen LogP contribution in [0, 0.1) is 0 Å². The summed E-state index contributed by atoms with van der Waals surface area (Å²) in [4.78, 5) is 26.6. The van der Waals surface area contributed by atoms with Crippen molar-refractivity contribution in [2.75, 3.05) is 19.4 Å². The van der Waals surface area contributed by atoms with Crippen LogP contribution in [0.3, 0.4) is 0 Å². The summed E-state index contributed by atoms with van der Waals surface area (Å²) < 4.78 is 31.7. The molecule has 1 aliphatic rings. The third-order valence-corrected chi connectivity index (χ3v) is 5.71. The van der Waals surface area contributed by atoms with Crippen LogP contribution < -0.4 is 16.0 Å². The van der Waals surface area contributed by atoms with Crippen LogP contribution in [0.15, 0.2) is 58.4 Å². The Labute approximate surface area is 199 Å². The van der Waals surface area contributed by atoms with Crippen molar-refractivity contribution in [2.24, 2.45) is 4.99 Å². The van der Waals surface area contributed by atoms with Gasteiger partial charge in [0.25, 0.3) is 12.0 Å². The standard InChI is InChI=1S/C25H22F2N6O2/c1-29-11-16-10-17(5-6-18(16)28)33-25(34)23(15-4-7-19(30-12-15)14-2-3-14)24-20(32-33)8-9-22(31-24)35-13-21(26)27/h4-12,14,21H,2-3,13,28H2,1H3. The van der Waals surface area contributed by atoms with Gasteiger partial charge in [-0.2, -0.15) is 9.78 Å². The number of rotatable bonds is 7. The maximum absolute atomic E-state index is 13.8. The maximum Gasteiger partial charge on any atom is 0.281 e. The lowest BCUT2D eigenvalue weighted by molar-refractivity contribution is 0.0798. The van der Waals surface area contributed by atoms with Crippen LogP contribution in [-0.4, -0.2) is 46.0 Å². The molecule has 35 heavy (non-hydrogen) atoms. The second-order valence-electron chi connectivity index (χ2n) is 8.26. The lowest BCUT2D eigenvalue weighted by Crippen LogP contribution is -2.24. The van der Waals surface area contributed by atoms with E-state index in [1.165, 1.54) is 10.7 Å². The zero-order valence-corrected chi connectivity index (χ0v) is 18.9. The Morgan fingerprint density at radius 2 is 2.06 bits per heavy atom. The monoisotopic (exact) mass is 476 g/mol. The molecular weight excluding hydrogens is 454 g/mol. The maximum atomic E-state index is 13.8.